The average molecular weight is 268 g/mol. The summed E-state index contributed by atoms with van der Waals surface area (Å²) in [4.78, 5) is 11.3. The molecule has 0 unspecified atom stereocenters. The molecule has 0 saturated carbocycles. The number of carbonyl (C=O) groups excluding carboxylic acids is 1. The van der Waals surface area contributed by atoms with Crippen molar-refractivity contribution in [3.63, 3.8) is 0 Å². The maximum atomic E-state index is 11.3. The van der Waals surface area contributed by atoms with Gasteiger partial charge in [-0.2, -0.15) is 0 Å². The maximum Gasteiger partial charge on any atom is 0.220 e. The molecule has 0 atom stereocenters. The van der Waals surface area contributed by atoms with Gasteiger partial charge in [0.2, 0.25) is 5.91 Å². The van der Waals surface area contributed by atoms with Crippen molar-refractivity contribution in [2.45, 2.75) is 19.4 Å². The first-order chi connectivity index (χ1) is 7.24. The summed E-state index contributed by atoms with van der Waals surface area (Å²) < 4.78 is 1.02. The summed E-state index contributed by atoms with van der Waals surface area (Å²) in [5.74, 6) is 0.0608. The second kappa shape index (κ2) is 6.40. The minimum absolute atomic E-state index is 0.0608. The van der Waals surface area contributed by atoms with E-state index in [9.17, 15) is 4.79 Å². The van der Waals surface area contributed by atoms with Gasteiger partial charge in [-0.15, -0.1) is 6.58 Å². The Morgan fingerprint density at radius 2 is 2.20 bits per heavy atom. The van der Waals surface area contributed by atoms with E-state index >= 15 is 0 Å². The van der Waals surface area contributed by atoms with E-state index in [0.29, 0.717) is 13.0 Å². The molecule has 2 nitrogen and oxygen atoms in total. The standard InChI is InChI=1S/C12H14BrNO/c1-2-3-8-12(15)14-9-10-6-4-5-7-11(10)13/h2,4-7H,1,3,8-9H2,(H,14,15). The van der Waals surface area contributed by atoms with E-state index in [-0.39, 0.29) is 5.91 Å². The Morgan fingerprint density at radius 3 is 2.87 bits per heavy atom. The largest absolute Gasteiger partial charge is 0.352 e. The lowest BCUT2D eigenvalue weighted by molar-refractivity contribution is -0.121. The maximum absolute atomic E-state index is 11.3. The van der Waals surface area contributed by atoms with E-state index < -0.39 is 0 Å². The van der Waals surface area contributed by atoms with E-state index in [4.69, 9.17) is 0 Å². The fourth-order valence-electron chi connectivity index (χ4n) is 1.16. The van der Waals surface area contributed by atoms with Crippen molar-refractivity contribution in [3.05, 3.63) is 47.0 Å². The zero-order valence-corrected chi connectivity index (χ0v) is 10.1. The van der Waals surface area contributed by atoms with Gasteiger partial charge in [-0.25, -0.2) is 0 Å². The van der Waals surface area contributed by atoms with Crippen LogP contribution in [0.15, 0.2) is 41.4 Å². The van der Waals surface area contributed by atoms with E-state index in [0.717, 1.165) is 16.5 Å². The van der Waals surface area contributed by atoms with Crippen LogP contribution in [-0.2, 0) is 11.3 Å². The summed E-state index contributed by atoms with van der Waals surface area (Å²) in [5.41, 5.74) is 1.09. The number of halogens is 1. The summed E-state index contributed by atoms with van der Waals surface area (Å²) in [7, 11) is 0. The lowest BCUT2D eigenvalue weighted by atomic mass is 10.2. The van der Waals surface area contributed by atoms with Crippen LogP contribution in [0.3, 0.4) is 0 Å². The molecule has 1 rings (SSSR count). The quantitative estimate of drug-likeness (QED) is 0.817. The van der Waals surface area contributed by atoms with Crippen LogP contribution in [0.2, 0.25) is 0 Å². The van der Waals surface area contributed by atoms with Gasteiger partial charge in [-0.05, 0) is 18.1 Å². The lowest BCUT2D eigenvalue weighted by Gasteiger charge is -2.06. The Balaban J connectivity index is 2.40. The average Bonchev–Trinajstić information content (AvgIpc) is 2.25. The molecule has 0 aliphatic heterocycles. The van der Waals surface area contributed by atoms with Gasteiger partial charge in [0.05, 0.1) is 0 Å². The number of carbonyl (C=O) groups is 1. The molecule has 1 amide bonds. The molecule has 0 saturated heterocycles. The molecule has 0 spiro atoms. The van der Waals surface area contributed by atoms with Gasteiger partial charge in [-0.3, -0.25) is 4.79 Å². The first-order valence-electron chi connectivity index (χ1n) is 4.85. The molecule has 0 aromatic heterocycles. The molecule has 0 radical (unpaired) electrons. The molecule has 3 heteroatoms. The minimum Gasteiger partial charge on any atom is -0.352 e. The van der Waals surface area contributed by atoms with Crippen LogP contribution in [0.4, 0.5) is 0 Å². The van der Waals surface area contributed by atoms with E-state index in [1.165, 1.54) is 0 Å². The van der Waals surface area contributed by atoms with Crippen molar-refractivity contribution in [3.8, 4) is 0 Å². The molecule has 0 bridgehead atoms. The lowest BCUT2D eigenvalue weighted by Crippen LogP contribution is -2.22. The molecule has 0 heterocycles. The van der Waals surface area contributed by atoms with Gasteiger partial charge in [0.1, 0.15) is 0 Å². The van der Waals surface area contributed by atoms with Crippen molar-refractivity contribution in [2.24, 2.45) is 0 Å². The fraction of sp³-hybridized carbons (Fsp3) is 0.250. The van der Waals surface area contributed by atoms with Gasteiger partial charge < -0.3 is 5.32 Å². The Hall–Kier alpha value is -1.09. The number of hydrogen-bond donors (Lipinski definition) is 1. The smallest absolute Gasteiger partial charge is 0.220 e. The number of allylic oxidation sites excluding steroid dienone is 1. The van der Waals surface area contributed by atoms with Gasteiger partial charge >= 0.3 is 0 Å². The molecular formula is C12H14BrNO. The van der Waals surface area contributed by atoms with Crippen LogP contribution < -0.4 is 5.32 Å². The molecule has 1 N–H and O–H groups in total. The predicted molar refractivity (Wildman–Crippen MR) is 65.4 cm³/mol. The molecular weight excluding hydrogens is 254 g/mol. The van der Waals surface area contributed by atoms with E-state index in [1.807, 2.05) is 24.3 Å². The van der Waals surface area contributed by atoms with Crippen molar-refractivity contribution >= 4 is 21.8 Å². The predicted octanol–water partition coefficient (Wildman–Crippen LogP) is 3.03. The Kier molecular flexibility index (Phi) is 5.12. The van der Waals surface area contributed by atoms with Crippen molar-refractivity contribution in [2.75, 3.05) is 0 Å². The molecule has 0 aliphatic rings. The van der Waals surface area contributed by atoms with Crippen LogP contribution in [0, 0.1) is 0 Å². The monoisotopic (exact) mass is 267 g/mol. The Bertz CT molecular complexity index is 349. The van der Waals surface area contributed by atoms with Gasteiger partial charge in [0.25, 0.3) is 0 Å². The Labute approximate surface area is 98.5 Å². The van der Waals surface area contributed by atoms with Crippen LogP contribution in [0.5, 0.6) is 0 Å². The highest BCUT2D eigenvalue weighted by molar-refractivity contribution is 9.10. The van der Waals surface area contributed by atoms with Crippen LogP contribution in [0.25, 0.3) is 0 Å². The summed E-state index contributed by atoms with van der Waals surface area (Å²) in [6, 6.07) is 7.85. The highest BCUT2D eigenvalue weighted by Gasteiger charge is 2.01. The zero-order valence-electron chi connectivity index (χ0n) is 8.50. The normalized spacial score (nSPS) is 9.67. The molecule has 80 valence electrons. The number of benzene rings is 1. The molecule has 0 aliphatic carbocycles. The Morgan fingerprint density at radius 1 is 1.47 bits per heavy atom. The second-order valence-electron chi connectivity index (χ2n) is 3.20. The fourth-order valence-corrected chi connectivity index (χ4v) is 1.58. The number of nitrogens with one attached hydrogen (secondary N) is 1. The van der Waals surface area contributed by atoms with E-state index in [2.05, 4.69) is 27.8 Å². The second-order valence-corrected chi connectivity index (χ2v) is 4.05. The first-order valence-corrected chi connectivity index (χ1v) is 5.64. The summed E-state index contributed by atoms with van der Waals surface area (Å²) in [6.45, 7) is 4.14. The first kappa shape index (κ1) is 12.0. The third-order valence-electron chi connectivity index (χ3n) is 2.01. The van der Waals surface area contributed by atoms with Gasteiger partial charge in [0, 0.05) is 17.4 Å². The van der Waals surface area contributed by atoms with Crippen LogP contribution >= 0.6 is 15.9 Å². The number of rotatable bonds is 5. The summed E-state index contributed by atoms with van der Waals surface area (Å²) in [5, 5.41) is 2.86. The zero-order chi connectivity index (χ0) is 11.1. The van der Waals surface area contributed by atoms with Crippen LogP contribution in [0.1, 0.15) is 18.4 Å². The number of amides is 1. The van der Waals surface area contributed by atoms with Gasteiger partial charge in [-0.1, -0.05) is 40.2 Å². The number of hydrogen-bond acceptors (Lipinski definition) is 1. The minimum atomic E-state index is 0.0608. The highest BCUT2D eigenvalue weighted by Crippen LogP contribution is 2.15. The van der Waals surface area contributed by atoms with E-state index in [1.54, 1.807) is 6.08 Å². The summed E-state index contributed by atoms with van der Waals surface area (Å²) in [6.07, 6.45) is 2.98. The molecule has 15 heavy (non-hydrogen) atoms. The topological polar surface area (TPSA) is 29.1 Å². The van der Waals surface area contributed by atoms with Gasteiger partial charge in [0.15, 0.2) is 0 Å². The third kappa shape index (κ3) is 4.30. The van der Waals surface area contributed by atoms with Crippen molar-refractivity contribution in [1.82, 2.24) is 5.32 Å². The molecule has 0 fully saturated rings. The molecule has 1 aromatic carbocycles. The highest BCUT2D eigenvalue weighted by atomic mass is 79.9. The van der Waals surface area contributed by atoms with Crippen molar-refractivity contribution < 1.29 is 4.79 Å². The van der Waals surface area contributed by atoms with Crippen LogP contribution in [-0.4, -0.2) is 5.91 Å². The molecule has 1 aromatic rings. The van der Waals surface area contributed by atoms with Crippen molar-refractivity contribution in [1.29, 1.82) is 0 Å². The SMILES string of the molecule is C=CCCC(=O)NCc1ccccc1Br. The third-order valence-corrected chi connectivity index (χ3v) is 2.78. The summed E-state index contributed by atoms with van der Waals surface area (Å²) >= 11 is 3.43.